The average Bonchev–Trinajstić information content (AvgIpc) is 3.21. The second kappa shape index (κ2) is 7.59. The normalized spacial score (nSPS) is 20.0. The largest absolute Gasteiger partial charge is 0.481 e. The molecular formula is C17H32O4. The lowest BCUT2D eigenvalue weighted by Gasteiger charge is -2.36. The number of aliphatic hydroxyl groups is 2. The molecule has 0 aromatic heterocycles. The van der Waals surface area contributed by atoms with Crippen LogP contribution < -0.4 is 0 Å². The fraction of sp³-hybridized carbons (Fsp3) is 0.941. The Morgan fingerprint density at radius 3 is 2.19 bits per heavy atom. The molecule has 4 nitrogen and oxygen atoms in total. The fourth-order valence-corrected chi connectivity index (χ4v) is 3.50. The molecule has 1 saturated carbocycles. The van der Waals surface area contributed by atoms with E-state index in [-0.39, 0.29) is 24.0 Å². The zero-order valence-electron chi connectivity index (χ0n) is 13.8. The standard InChI is InChI=1S/C17H32O4/c1-4-5-7-13(19)8-6-9-14(16(2,3)15(20)21)17(12-18)10-11-17/h13-14,18-19H,4-12H2,1-3H3,(H,20,21). The van der Waals surface area contributed by atoms with Crippen LogP contribution in [0.3, 0.4) is 0 Å². The minimum Gasteiger partial charge on any atom is -0.481 e. The van der Waals surface area contributed by atoms with Crippen LogP contribution in [0, 0.1) is 16.7 Å². The third kappa shape index (κ3) is 4.68. The summed E-state index contributed by atoms with van der Waals surface area (Å²) in [6.07, 6.45) is 6.83. The number of rotatable bonds is 11. The van der Waals surface area contributed by atoms with Crippen molar-refractivity contribution < 1.29 is 20.1 Å². The SMILES string of the molecule is CCCCC(O)CCCC(C1(CO)CC1)C(C)(C)C(=O)O. The predicted octanol–water partition coefficient (Wildman–Crippen LogP) is 3.21. The molecule has 1 fully saturated rings. The number of aliphatic hydroxyl groups excluding tert-OH is 2. The van der Waals surface area contributed by atoms with E-state index < -0.39 is 11.4 Å². The molecule has 0 aromatic carbocycles. The number of hydrogen-bond acceptors (Lipinski definition) is 3. The van der Waals surface area contributed by atoms with E-state index in [9.17, 15) is 20.1 Å². The van der Waals surface area contributed by atoms with Gasteiger partial charge in [-0.15, -0.1) is 0 Å². The molecule has 4 heteroatoms. The molecule has 2 atom stereocenters. The van der Waals surface area contributed by atoms with Crippen LogP contribution in [0.4, 0.5) is 0 Å². The van der Waals surface area contributed by atoms with E-state index in [1.807, 2.05) is 0 Å². The molecule has 0 amide bonds. The Labute approximate surface area is 128 Å². The van der Waals surface area contributed by atoms with Gasteiger partial charge in [0.1, 0.15) is 0 Å². The molecule has 2 unspecified atom stereocenters. The van der Waals surface area contributed by atoms with Gasteiger partial charge < -0.3 is 15.3 Å². The van der Waals surface area contributed by atoms with Crippen LogP contribution in [0.5, 0.6) is 0 Å². The van der Waals surface area contributed by atoms with E-state index in [0.717, 1.165) is 51.4 Å². The van der Waals surface area contributed by atoms with Gasteiger partial charge >= 0.3 is 5.97 Å². The lowest BCUT2D eigenvalue weighted by molar-refractivity contribution is -0.153. The molecule has 124 valence electrons. The van der Waals surface area contributed by atoms with Crippen LogP contribution in [0.15, 0.2) is 0 Å². The molecule has 0 saturated heterocycles. The summed E-state index contributed by atoms with van der Waals surface area (Å²) >= 11 is 0. The van der Waals surface area contributed by atoms with E-state index in [0.29, 0.717) is 0 Å². The lowest BCUT2D eigenvalue weighted by Crippen LogP contribution is -2.40. The number of carbonyl (C=O) groups is 1. The number of hydrogen-bond donors (Lipinski definition) is 3. The van der Waals surface area contributed by atoms with Crippen LogP contribution in [0.25, 0.3) is 0 Å². The summed E-state index contributed by atoms with van der Waals surface area (Å²) in [5.74, 6) is -0.815. The molecule has 0 aromatic rings. The van der Waals surface area contributed by atoms with Crippen molar-refractivity contribution in [2.24, 2.45) is 16.7 Å². The van der Waals surface area contributed by atoms with Crippen LogP contribution in [0.1, 0.15) is 72.1 Å². The van der Waals surface area contributed by atoms with E-state index in [4.69, 9.17) is 0 Å². The van der Waals surface area contributed by atoms with Crippen molar-refractivity contribution in [3.05, 3.63) is 0 Å². The van der Waals surface area contributed by atoms with E-state index in [2.05, 4.69) is 6.92 Å². The first kappa shape index (κ1) is 18.4. The Morgan fingerprint density at radius 1 is 1.19 bits per heavy atom. The van der Waals surface area contributed by atoms with E-state index >= 15 is 0 Å². The number of unbranched alkanes of at least 4 members (excludes halogenated alkanes) is 1. The monoisotopic (exact) mass is 300 g/mol. The molecule has 3 N–H and O–H groups in total. The van der Waals surface area contributed by atoms with Crippen LogP contribution >= 0.6 is 0 Å². The Morgan fingerprint density at radius 2 is 1.76 bits per heavy atom. The highest BCUT2D eigenvalue weighted by Crippen LogP contribution is 2.58. The molecule has 1 rings (SSSR count). The summed E-state index contributed by atoms with van der Waals surface area (Å²) in [4.78, 5) is 11.6. The van der Waals surface area contributed by atoms with Gasteiger partial charge in [-0.1, -0.05) is 26.2 Å². The highest BCUT2D eigenvalue weighted by atomic mass is 16.4. The molecule has 0 bridgehead atoms. The summed E-state index contributed by atoms with van der Waals surface area (Å²) in [6, 6.07) is 0. The summed E-state index contributed by atoms with van der Waals surface area (Å²) in [7, 11) is 0. The summed E-state index contributed by atoms with van der Waals surface area (Å²) in [6.45, 7) is 5.72. The summed E-state index contributed by atoms with van der Waals surface area (Å²) < 4.78 is 0. The van der Waals surface area contributed by atoms with E-state index in [1.54, 1.807) is 13.8 Å². The number of carboxylic acids is 1. The Hall–Kier alpha value is -0.610. The van der Waals surface area contributed by atoms with Crippen molar-refractivity contribution in [2.75, 3.05) is 6.61 Å². The first-order chi connectivity index (χ1) is 9.80. The second-order valence-corrected chi connectivity index (χ2v) is 7.33. The Bertz CT molecular complexity index is 334. The van der Waals surface area contributed by atoms with Gasteiger partial charge in [0.25, 0.3) is 0 Å². The van der Waals surface area contributed by atoms with Gasteiger partial charge in [0.05, 0.1) is 11.5 Å². The zero-order chi connectivity index (χ0) is 16.1. The first-order valence-corrected chi connectivity index (χ1v) is 8.32. The van der Waals surface area contributed by atoms with Crippen molar-refractivity contribution in [3.63, 3.8) is 0 Å². The maximum Gasteiger partial charge on any atom is 0.309 e. The highest BCUT2D eigenvalue weighted by Gasteiger charge is 2.55. The van der Waals surface area contributed by atoms with Crippen LogP contribution in [-0.2, 0) is 4.79 Å². The number of carboxylic acid groups (broad SMARTS) is 1. The predicted molar refractivity (Wildman–Crippen MR) is 83.0 cm³/mol. The number of aliphatic carboxylic acids is 1. The van der Waals surface area contributed by atoms with Gasteiger partial charge in [0, 0.05) is 6.61 Å². The van der Waals surface area contributed by atoms with Crippen molar-refractivity contribution >= 4 is 5.97 Å². The quantitative estimate of drug-likeness (QED) is 0.547. The van der Waals surface area contributed by atoms with Gasteiger partial charge in [-0.2, -0.15) is 0 Å². The molecule has 0 spiro atoms. The molecular weight excluding hydrogens is 268 g/mol. The van der Waals surface area contributed by atoms with Crippen LogP contribution in [0.2, 0.25) is 0 Å². The molecule has 0 aliphatic heterocycles. The topological polar surface area (TPSA) is 77.8 Å². The van der Waals surface area contributed by atoms with Gasteiger partial charge in [-0.05, 0) is 57.3 Å². The first-order valence-electron chi connectivity index (χ1n) is 8.32. The van der Waals surface area contributed by atoms with Crippen LogP contribution in [-0.4, -0.2) is 34.0 Å². The second-order valence-electron chi connectivity index (χ2n) is 7.33. The van der Waals surface area contributed by atoms with Gasteiger partial charge in [-0.25, -0.2) is 0 Å². The average molecular weight is 300 g/mol. The maximum atomic E-state index is 11.6. The Kier molecular flexibility index (Phi) is 6.67. The maximum absolute atomic E-state index is 11.6. The molecule has 0 heterocycles. The van der Waals surface area contributed by atoms with Crippen molar-refractivity contribution in [2.45, 2.75) is 78.2 Å². The highest BCUT2D eigenvalue weighted by molar-refractivity contribution is 5.74. The van der Waals surface area contributed by atoms with Gasteiger partial charge in [-0.3, -0.25) is 4.79 Å². The Balaban J connectivity index is 2.58. The zero-order valence-corrected chi connectivity index (χ0v) is 13.8. The van der Waals surface area contributed by atoms with Gasteiger partial charge in [0.2, 0.25) is 0 Å². The van der Waals surface area contributed by atoms with Gasteiger partial charge in [0.15, 0.2) is 0 Å². The minimum absolute atomic E-state index is 0.0223. The van der Waals surface area contributed by atoms with Crippen molar-refractivity contribution in [1.82, 2.24) is 0 Å². The van der Waals surface area contributed by atoms with E-state index in [1.165, 1.54) is 0 Å². The fourth-order valence-electron chi connectivity index (χ4n) is 3.50. The van der Waals surface area contributed by atoms with Crippen molar-refractivity contribution in [1.29, 1.82) is 0 Å². The lowest BCUT2D eigenvalue weighted by atomic mass is 9.67. The molecule has 0 radical (unpaired) electrons. The third-order valence-electron chi connectivity index (χ3n) is 5.29. The molecule has 1 aliphatic rings. The molecule has 21 heavy (non-hydrogen) atoms. The molecule has 1 aliphatic carbocycles. The third-order valence-corrected chi connectivity index (χ3v) is 5.29. The van der Waals surface area contributed by atoms with Crippen molar-refractivity contribution in [3.8, 4) is 0 Å². The smallest absolute Gasteiger partial charge is 0.309 e. The summed E-state index contributed by atoms with van der Waals surface area (Å²) in [5.41, 5.74) is -1.02. The summed E-state index contributed by atoms with van der Waals surface area (Å²) in [5, 5.41) is 29.1. The minimum atomic E-state index is -0.826.